The molecule has 0 amide bonds. The summed E-state index contributed by atoms with van der Waals surface area (Å²) in [5.41, 5.74) is 0.254. The van der Waals surface area contributed by atoms with E-state index < -0.39 is 5.97 Å². The number of benzene rings is 2. The average Bonchev–Trinajstić information content (AvgIpc) is 2.53. The zero-order valence-corrected chi connectivity index (χ0v) is 12.0. The van der Waals surface area contributed by atoms with Crippen LogP contribution in [0.4, 0.5) is 0 Å². The van der Waals surface area contributed by atoms with Gasteiger partial charge < -0.3 is 9.84 Å². The third-order valence-electron chi connectivity index (χ3n) is 4.28. The highest BCUT2D eigenvalue weighted by Gasteiger charge is 2.17. The van der Waals surface area contributed by atoms with Crippen LogP contribution in [0.25, 0.3) is 10.8 Å². The fourth-order valence-electron chi connectivity index (χ4n) is 3.07. The van der Waals surface area contributed by atoms with E-state index in [1.165, 1.54) is 32.1 Å². The van der Waals surface area contributed by atoms with E-state index in [2.05, 4.69) is 0 Å². The Morgan fingerprint density at radius 2 is 1.76 bits per heavy atom. The molecule has 0 bridgehead atoms. The van der Waals surface area contributed by atoms with E-state index in [9.17, 15) is 9.90 Å². The minimum Gasteiger partial charge on any atom is -0.492 e. The smallest absolute Gasteiger partial charge is 0.339 e. The predicted molar refractivity (Wildman–Crippen MR) is 83.0 cm³/mol. The Bertz CT molecular complexity index is 642. The molecule has 0 spiro atoms. The van der Waals surface area contributed by atoms with Gasteiger partial charge in [0.25, 0.3) is 0 Å². The van der Waals surface area contributed by atoms with Gasteiger partial charge in [0.1, 0.15) is 11.3 Å². The summed E-state index contributed by atoms with van der Waals surface area (Å²) in [7, 11) is 0. The van der Waals surface area contributed by atoms with Gasteiger partial charge in [0.15, 0.2) is 0 Å². The molecule has 3 rings (SSSR count). The molecule has 0 radical (unpaired) electrons. The minimum atomic E-state index is -0.931. The molecule has 3 heteroatoms. The monoisotopic (exact) mass is 284 g/mol. The van der Waals surface area contributed by atoms with E-state index in [-0.39, 0.29) is 5.56 Å². The highest BCUT2D eigenvalue weighted by atomic mass is 16.5. The highest BCUT2D eigenvalue weighted by molar-refractivity contribution is 5.97. The van der Waals surface area contributed by atoms with Crippen molar-refractivity contribution < 1.29 is 14.6 Å². The van der Waals surface area contributed by atoms with Crippen molar-refractivity contribution in [2.75, 3.05) is 6.61 Å². The molecule has 1 aliphatic rings. The molecule has 110 valence electrons. The van der Waals surface area contributed by atoms with Gasteiger partial charge in [-0.05, 0) is 41.7 Å². The summed E-state index contributed by atoms with van der Waals surface area (Å²) in [6.45, 7) is 0.624. The summed E-state index contributed by atoms with van der Waals surface area (Å²) in [5, 5.41) is 11.3. The summed E-state index contributed by atoms with van der Waals surface area (Å²) in [5.74, 6) is 0.123. The number of aromatic carboxylic acids is 1. The Hall–Kier alpha value is -2.03. The van der Waals surface area contributed by atoms with E-state index in [1.54, 1.807) is 6.07 Å². The van der Waals surface area contributed by atoms with Crippen LogP contribution >= 0.6 is 0 Å². The van der Waals surface area contributed by atoms with Crippen LogP contribution in [0.2, 0.25) is 0 Å². The lowest BCUT2D eigenvalue weighted by Crippen LogP contribution is -2.16. The number of carboxylic acids is 1. The molecule has 2 aromatic carbocycles. The number of rotatable bonds is 4. The van der Waals surface area contributed by atoms with Crippen LogP contribution in [0.5, 0.6) is 5.75 Å². The summed E-state index contributed by atoms with van der Waals surface area (Å²) in [4.78, 5) is 11.4. The van der Waals surface area contributed by atoms with Crippen LogP contribution in [-0.4, -0.2) is 17.7 Å². The van der Waals surface area contributed by atoms with Crippen molar-refractivity contribution in [1.82, 2.24) is 0 Å². The maximum Gasteiger partial charge on any atom is 0.339 e. The van der Waals surface area contributed by atoms with Gasteiger partial charge in [-0.1, -0.05) is 43.5 Å². The summed E-state index contributed by atoms with van der Waals surface area (Å²) in [6.07, 6.45) is 6.22. The second kappa shape index (κ2) is 6.17. The van der Waals surface area contributed by atoms with Crippen LogP contribution in [0.3, 0.4) is 0 Å². The molecule has 1 fully saturated rings. The highest BCUT2D eigenvalue weighted by Crippen LogP contribution is 2.29. The predicted octanol–water partition coefficient (Wildman–Crippen LogP) is 4.50. The number of hydrogen-bond donors (Lipinski definition) is 1. The summed E-state index contributed by atoms with van der Waals surface area (Å²) in [6, 6.07) is 11.3. The molecule has 21 heavy (non-hydrogen) atoms. The van der Waals surface area contributed by atoms with Crippen LogP contribution in [0.1, 0.15) is 42.5 Å². The second-order valence-electron chi connectivity index (χ2n) is 5.82. The first-order valence-electron chi connectivity index (χ1n) is 7.63. The van der Waals surface area contributed by atoms with Crippen molar-refractivity contribution in [2.45, 2.75) is 32.1 Å². The van der Waals surface area contributed by atoms with Crippen molar-refractivity contribution in [3.05, 3.63) is 42.0 Å². The van der Waals surface area contributed by atoms with E-state index >= 15 is 0 Å². The molecule has 3 nitrogen and oxygen atoms in total. The quantitative estimate of drug-likeness (QED) is 0.899. The molecule has 0 aliphatic heterocycles. The largest absolute Gasteiger partial charge is 0.492 e. The van der Waals surface area contributed by atoms with Crippen molar-refractivity contribution >= 4 is 16.7 Å². The zero-order valence-electron chi connectivity index (χ0n) is 12.0. The van der Waals surface area contributed by atoms with Gasteiger partial charge in [0.05, 0.1) is 6.61 Å². The zero-order chi connectivity index (χ0) is 14.7. The number of fused-ring (bicyclic) bond motifs is 1. The molecule has 1 N–H and O–H groups in total. The third kappa shape index (κ3) is 3.18. The van der Waals surface area contributed by atoms with E-state index in [0.717, 1.165) is 10.8 Å². The van der Waals surface area contributed by atoms with Crippen molar-refractivity contribution in [3.8, 4) is 5.75 Å². The Labute approximate surface area is 124 Å². The molecule has 2 aromatic rings. The topological polar surface area (TPSA) is 46.5 Å². The van der Waals surface area contributed by atoms with Crippen molar-refractivity contribution in [3.63, 3.8) is 0 Å². The number of carbonyl (C=O) groups is 1. The Morgan fingerprint density at radius 1 is 1.10 bits per heavy atom. The number of ether oxygens (including phenoxy) is 1. The summed E-state index contributed by atoms with van der Waals surface area (Å²) < 4.78 is 5.87. The van der Waals surface area contributed by atoms with E-state index in [1.807, 2.05) is 30.3 Å². The van der Waals surface area contributed by atoms with Gasteiger partial charge in [-0.25, -0.2) is 4.79 Å². The Morgan fingerprint density at radius 3 is 2.43 bits per heavy atom. The first-order valence-corrected chi connectivity index (χ1v) is 7.63. The normalized spacial score (nSPS) is 16.0. The standard InChI is InChI=1S/C18H20O3/c19-18(20)16-10-14-8-4-5-9-15(14)11-17(16)21-12-13-6-2-1-3-7-13/h4-5,8-11,13H,1-3,6-7,12H2,(H,19,20). The van der Waals surface area contributed by atoms with Crippen LogP contribution in [-0.2, 0) is 0 Å². The maximum atomic E-state index is 11.4. The Balaban J connectivity index is 1.84. The molecule has 1 aliphatic carbocycles. The molecular weight excluding hydrogens is 264 g/mol. The molecule has 0 atom stereocenters. The number of carboxylic acid groups (broad SMARTS) is 1. The fraction of sp³-hybridized carbons (Fsp3) is 0.389. The Kier molecular flexibility index (Phi) is 4.09. The van der Waals surface area contributed by atoms with Crippen molar-refractivity contribution in [1.29, 1.82) is 0 Å². The molecule has 0 saturated heterocycles. The lowest BCUT2D eigenvalue weighted by Gasteiger charge is -2.22. The van der Waals surface area contributed by atoms with Crippen molar-refractivity contribution in [2.24, 2.45) is 5.92 Å². The van der Waals surface area contributed by atoms with Gasteiger partial charge in [0.2, 0.25) is 0 Å². The summed E-state index contributed by atoms with van der Waals surface area (Å²) >= 11 is 0. The lowest BCUT2D eigenvalue weighted by molar-refractivity contribution is 0.0691. The van der Waals surface area contributed by atoms with Crippen LogP contribution in [0, 0.1) is 5.92 Å². The maximum absolute atomic E-state index is 11.4. The van der Waals surface area contributed by atoms with E-state index in [4.69, 9.17) is 4.74 Å². The SMILES string of the molecule is O=C(O)c1cc2ccccc2cc1OCC1CCCCC1. The first kappa shape index (κ1) is 13.9. The van der Waals surface area contributed by atoms with Crippen LogP contribution < -0.4 is 4.74 Å². The van der Waals surface area contributed by atoms with E-state index in [0.29, 0.717) is 18.3 Å². The lowest BCUT2D eigenvalue weighted by atomic mass is 9.90. The molecule has 0 unspecified atom stereocenters. The van der Waals surface area contributed by atoms with Crippen LogP contribution in [0.15, 0.2) is 36.4 Å². The molecular formula is C18H20O3. The molecule has 0 heterocycles. The fourth-order valence-corrected chi connectivity index (χ4v) is 3.07. The van der Waals surface area contributed by atoms with Gasteiger partial charge in [-0.3, -0.25) is 0 Å². The average molecular weight is 284 g/mol. The first-order chi connectivity index (χ1) is 10.2. The third-order valence-corrected chi connectivity index (χ3v) is 4.28. The molecule has 0 aromatic heterocycles. The molecule has 1 saturated carbocycles. The van der Waals surface area contributed by atoms with Gasteiger partial charge in [-0.2, -0.15) is 0 Å². The van der Waals surface area contributed by atoms with Gasteiger partial charge >= 0.3 is 5.97 Å². The van der Waals surface area contributed by atoms with Gasteiger partial charge in [-0.15, -0.1) is 0 Å². The number of hydrogen-bond acceptors (Lipinski definition) is 2. The minimum absolute atomic E-state index is 0.254. The second-order valence-corrected chi connectivity index (χ2v) is 5.82. The van der Waals surface area contributed by atoms with Gasteiger partial charge in [0, 0.05) is 0 Å².